The van der Waals surface area contributed by atoms with Gasteiger partial charge in [-0.3, -0.25) is 0 Å². The number of hydrogen-bond donors (Lipinski definition) is 2. The van der Waals surface area contributed by atoms with Crippen LogP contribution in [0.25, 0.3) is 0 Å². The van der Waals surface area contributed by atoms with Gasteiger partial charge in [0.1, 0.15) is 10.8 Å². The summed E-state index contributed by atoms with van der Waals surface area (Å²) in [5, 5.41) is 3.26. The minimum atomic E-state index is 0.309. The average molecular weight is 285 g/mol. The number of aryl methyl sites for hydroxylation is 1. The summed E-state index contributed by atoms with van der Waals surface area (Å²) < 4.78 is 0. The SMILES string of the molecule is CCCCc1ccc(Nc2cccc(C(N)=S)n2)cc1. The number of aromatic nitrogens is 1. The van der Waals surface area contributed by atoms with E-state index in [1.165, 1.54) is 18.4 Å². The second-order valence-corrected chi connectivity index (χ2v) is 5.14. The zero-order valence-electron chi connectivity index (χ0n) is 11.6. The van der Waals surface area contributed by atoms with E-state index in [2.05, 4.69) is 41.5 Å². The molecule has 0 bridgehead atoms. The van der Waals surface area contributed by atoms with Crippen molar-refractivity contribution < 1.29 is 0 Å². The predicted molar refractivity (Wildman–Crippen MR) is 88.5 cm³/mol. The normalized spacial score (nSPS) is 10.2. The lowest BCUT2D eigenvalue weighted by Gasteiger charge is -2.08. The third-order valence-electron chi connectivity index (χ3n) is 3.05. The number of pyridine rings is 1. The Morgan fingerprint density at radius 3 is 2.60 bits per heavy atom. The first-order valence-corrected chi connectivity index (χ1v) is 7.22. The van der Waals surface area contributed by atoms with E-state index in [0.717, 1.165) is 17.9 Å². The molecule has 0 spiro atoms. The van der Waals surface area contributed by atoms with E-state index in [0.29, 0.717) is 10.7 Å². The van der Waals surface area contributed by atoms with Gasteiger partial charge in [0.25, 0.3) is 0 Å². The van der Waals surface area contributed by atoms with Crippen LogP contribution in [0.4, 0.5) is 11.5 Å². The van der Waals surface area contributed by atoms with Gasteiger partial charge in [0.15, 0.2) is 0 Å². The Balaban J connectivity index is 2.06. The number of nitrogens with one attached hydrogen (secondary N) is 1. The standard InChI is InChI=1S/C16H19N3S/c1-2-3-5-12-8-10-13(11-9-12)18-15-7-4-6-14(19-15)16(17)20/h4,6-11H,2-3,5H2,1H3,(H2,17,20)(H,18,19). The van der Waals surface area contributed by atoms with Crippen LogP contribution in [0.5, 0.6) is 0 Å². The summed E-state index contributed by atoms with van der Waals surface area (Å²) in [6.07, 6.45) is 3.58. The molecule has 0 atom stereocenters. The highest BCUT2D eigenvalue weighted by Gasteiger charge is 2.01. The molecule has 2 aromatic rings. The predicted octanol–water partition coefficient (Wildman–Crippen LogP) is 3.80. The van der Waals surface area contributed by atoms with Gasteiger partial charge in [0.05, 0.1) is 5.69 Å². The molecule has 104 valence electrons. The molecule has 2 rings (SSSR count). The summed E-state index contributed by atoms with van der Waals surface area (Å²) in [4.78, 5) is 4.67. The minimum absolute atomic E-state index is 0.309. The van der Waals surface area contributed by atoms with Crippen molar-refractivity contribution in [3.63, 3.8) is 0 Å². The molecule has 3 N–H and O–H groups in total. The summed E-state index contributed by atoms with van der Waals surface area (Å²) in [5.41, 5.74) is 8.59. The molecule has 0 aliphatic heterocycles. The number of benzene rings is 1. The molecule has 0 saturated carbocycles. The van der Waals surface area contributed by atoms with Crippen molar-refractivity contribution in [2.24, 2.45) is 5.73 Å². The van der Waals surface area contributed by atoms with Crippen LogP contribution < -0.4 is 11.1 Å². The van der Waals surface area contributed by atoms with Crippen molar-refractivity contribution in [1.82, 2.24) is 4.98 Å². The van der Waals surface area contributed by atoms with Crippen molar-refractivity contribution in [2.45, 2.75) is 26.2 Å². The van der Waals surface area contributed by atoms with Gasteiger partial charge >= 0.3 is 0 Å². The molecular weight excluding hydrogens is 266 g/mol. The maximum atomic E-state index is 5.58. The fourth-order valence-electron chi connectivity index (χ4n) is 1.93. The Hall–Kier alpha value is -1.94. The topological polar surface area (TPSA) is 50.9 Å². The number of anilines is 2. The lowest BCUT2D eigenvalue weighted by Crippen LogP contribution is -2.12. The molecule has 0 aliphatic carbocycles. The summed E-state index contributed by atoms with van der Waals surface area (Å²) in [6.45, 7) is 2.20. The quantitative estimate of drug-likeness (QED) is 0.793. The third-order valence-corrected chi connectivity index (χ3v) is 3.26. The van der Waals surface area contributed by atoms with E-state index in [1.54, 1.807) is 6.07 Å². The summed E-state index contributed by atoms with van der Waals surface area (Å²) in [5.74, 6) is 0.747. The Bertz CT molecular complexity index is 579. The van der Waals surface area contributed by atoms with Crippen LogP contribution >= 0.6 is 12.2 Å². The van der Waals surface area contributed by atoms with Gasteiger partial charge in [-0.15, -0.1) is 0 Å². The molecule has 1 aromatic carbocycles. The molecule has 1 heterocycles. The van der Waals surface area contributed by atoms with E-state index >= 15 is 0 Å². The monoisotopic (exact) mass is 285 g/mol. The van der Waals surface area contributed by atoms with E-state index < -0.39 is 0 Å². The number of unbranched alkanes of at least 4 members (excludes halogenated alkanes) is 1. The number of thiocarbonyl (C=S) groups is 1. The highest BCUT2D eigenvalue weighted by molar-refractivity contribution is 7.80. The first-order chi connectivity index (χ1) is 9.69. The van der Waals surface area contributed by atoms with E-state index in [4.69, 9.17) is 18.0 Å². The smallest absolute Gasteiger partial charge is 0.131 e. The van der Waals surface area contributed by atoms with Crippen LogP contribution in [0.2, 0.25) is 0 Å². The van der Waals surface area contributed by atoms with Crippen molar-refractivity contribution >= 4 is 28.7 Å². The number of hydrogen-bond acceptors (Lipinski definition) is 3. The van der Waals surface area contributed by atoms with Crippen molar-refractivity contribution in [1.29, 1.82) is 0 Å². The molecule has 0 saturated heterocycles. The van der Waals surface area contributed by atoms with Crippen molar-refractivity contribution in [3.8, 4) is 0 Å². The second kappa shape index (κ2) is 7.01. The maximum absolute atomic E-state index is 5.58. The summed E-state index contributed by atoms with van der Waals surface area (Å²) in [7, 11) is 0. The van der Waals surface area contributed by atoms with Gasteiger partial charge in [0.2, 0.25) is 0 Å². The fraction of sp³-hybridized carbons (Fsp3) is 0.250. The number of rotatable bonds is 6. The average Bonchev–Trinajstić information content (AvgIpc) is 2.47. The fourth-order valence-corrected chi connectivity index (χ4v) is 2.04. The minimum Gasteiger partial charge on any atom is -0.388 e. The van der Waals surface area contributed by atoms with Crippen LogP contribution in [0, 0.1) is 0 Å². The van der Waals surface area contributed by atoms with Gasteiger partial charge in [-0.25, -0.2) is 4.98 Å². The number of nitrogens with two attached hydrogens (primary N) is 1. The Morgan fingerprint density at radius 2 is 1.95 bits per heavy atom. The molecule has 0 radical (unpaired) electrons. The van der Waals surface area contributed by atoms with Crippen LogP contribution in [0.1, 0.15) is 31.0 Å². The van der Waals surface area contributed by atoms with Gasteiger partial charge in [-0.2, -0.15) is 0 Å². The molecule has 0 amide bonds. The maximum Gasteiger partial charge on any atom is 0.131 e. The first-order valence-electron chi connectivity index (χ1n) is 6.82. The van der Waals surface area contributed by atoms with Crippen LogP contribution in [-0.4, -0.2) is 9.97 Å². The second-order valence-electron chi connectivity index (χ2n) is 4.70. The summed E-state index contributed by atoms with van der Waals surface area (Å²) >= 11 is 4.93. The molecule has 0 unspecified atom stereocenters. The highest BCUT2D eigenvalue weighted by atomic mass is 32.1. The summed E-state index contributed by atoms with van der Waals surface area (Å²) in [6, 6.07) is 14.0. The van der Waals surface area contributed by atoms with Crippen molar-refractivity contribution in [3.05, 3.63) is 53.7 Å². The van der Waals surface area contributed by atoms with E-state index in [1.807, 2.05) is 12.1 Å². The highest BCUT2D eigenvalue weighted by Crippen LogP contribution is 2.16. The lowest BCUT2D eigenvalue weighted by molar-refractivity contribution is 0.795. The lowest BCUT2D eigenvalue weighted by atomic mass is 10.1. The van der Waals surface area contributed by atoms with Crippen LogP contribution in [-0.2, 0) is 6.42 Å². The molecule has 3 nitrogen and oxygen atoms in total. The van der Waals surface area contributed by atoms with Crippen molar-refractivity contribution in [2.75, 3.05) is 5.32 Å². The molecule has 0 fully saturated rings. The zero-order chi connectivity index (χ0) is 14.4. The van der Waals surface area contributed by atoms with Gasteiger partial charge in [0, 0.05) is 5.69 Å². The zero-order valence-corrected chi connectivity index (χ0v) is 12.4. The molecule has 1 aromatic heterocycles. The van der Waals surface area contributed by atoms with Gasteiger partial charge in [-0.05, 0) is 42.7 Å². The van der Waals surface area contributed by atoms with Gasteiger partial charge in [-0.1, -0.05) is 43.8 Å². The molecular formula is C16H19N3S. The van der Waals surface area contributed by atoms with E-state index in [9.17, 15) is 0 Å². The van der Waals surface area contributed by atoms with Crippen LogP contribution in [0.15, 0.2) is 42.5 Å². The van der Waals surface area contributed by atoms with E-state index in [-0.39, 0.29) is 0 Å². The van der Waals surface area contributed by atoms with Gasteiger partial charge < -0.3 is 11.1 Å². The largest absolute Gasteiger partial charge is 0.388 e. The Morgan fingerprint density at radius 1 is 1.20 bits per heavy atom. The molecule has 0 aliphatic rings. The molecule has 20 heavy (non-hydrogen) atoms. The Labute approximate surface area is 125 Å². The van der Waals surface area contributed by atoms with Crippen LogP contribution in [0.3, 0.4) is 0 Å². The molecule has 4 heteroatoms. The Kier molecular flexibility index (Phi) is 5.07. The number of nitrogens with zero attached hydrogens (tertiary/aromatic N) is 1. The first kappa shape index (κ1) is 14.5. The third kappa shape index (κ3) is 4.03.